The molecular formula is C16H22N2O2S. The summed E-state index contributed by atoms with van der Waals surface area (Å²) in [5.74, 6) is 0.471. The third-order valence-electron chi connectivity index (χ3n) is 4.48. The summed E-state index contributed by atoms with van der Waals surface area (Å²) in [6.07, 6.45) is 4.86. The second kappa shape index (κ2) is 5.79. The Bertz CT molecular complexity index is 559. The molecule has 0 N–H and O–H groups in total. The Hall–Kier alpha value is -1.36. The van der Waals surface area contributed by atoms with Gasteiger partial charge in [-0.25, -0.2) is 0 Å². The van der Waals surface area contributed by atoms with Gasteiger partial charge in [0.25, 0.3) is 5.91 Å². The Balaban J connectivity index is 1.75. The lowest BCUT2D eigenvalue weighted by atomic mass is 9.87. The quantitative estimate of drug-likeness (QED) is 0.840. The van der Waals surface area contributed by atoms with Gasteiger partial charge in [-0.2, -0.15) is 0 Å². The number of carbonyl (C=O) groups excluding carboxylic acids is 2. The summed E-state index contributed by atoms with van der Waals surface area (Å²) in [6, 6.07) is 2.04. The highest BCUT2D eigenvalue weighted by Gasteiger charge is 2.29. The summed E-state index contributed by atoms with van der Waals surface area (Å²) in [7, 11) is 3.63. The van der Waals surface area contributed by atoms with E-state index >= 15 is 0 Å². The van der Waals surface area contributed by atoms with Crippen LogP contribution >= 0.6 is 11.3 Å². The minimum atomic E-state index is 0.0804. The standard InChI is InChI=1S/C16H22N2O2S/c1-17(2)15(19)11-5-6-13-12(9-11)10-14(21-13)16(20)18-7-3-4-8-18/h10-11H,3-9H2,1-2H3/t11-/m1/s1. The van der Waals surface area contributed by atoms with Crippen LogP contribution < -0.4 is 0 Å². The highest BCUT2D eigenvalue weighted by molar-refractivity contribution is 7.14. The third-order valence-corrected chi connectivity index (χ3v) is 5.70. The molecule has 0 saturated carbocycles. The average Bonchev–Trinajstić information content (AvgIpc) is 3.13. The van der Waals surface area contributed by atoms with Crippen LogP contribution in [0.25, 0.3) is 0 Å². The number of likely N-dealkylation sites (tertiary alicyclic amines) is 1. The van der Waals surface area contributed by atoms with Crippen molar-refractivity contribution in [2.45, 2.75) is 32.1 Å². The Morgan fingerprint density at radius 2 is 2.00 bits per heavy atom. The Kier molecular flexibility index (Phi) is 4.02. The Morgan fingerprint density at radius 3 is 2.67 bits per heavy atom. The van der Waals surface area contributed by atoms with Crippen LogP contribution in [0.2, 0.25) is 0 Å². The maximum absolute atomic E-state index is 12.4. The van der Waals surface area contributed by atoms with Crippen molar-refractivity contribution in [1.82, 2.24) is 9.80 Å². The number of carbonyl (C=O) groups is 2. The van der Waals surface area contributed by atoms with E-state index in [-0.39, 0.29) is 17.7 Å². The molecule has 1 aliphatic heterocycles. The van der Waals surface area contributed by atoms with Crippen LogP contribution in [0.4, 0.5) is 0 Å². The zero-order valence-corrected chi connectivity index (χ0v) is 13.5. The molecule has 21 heavy (non-hydrogen) atoms. The Morgan fingerprint density at radius 1 is 1.29 bits per heavy atom. The summed E-state index contributed by atoms with van der Waals surface area (Å²) in [4.78, 5) is 30.4. The molecule has 1 saturated heterocycles. The zero-order valence-electron chi connectivity index (χ0n) is 12.7. The third kappa shape index (κ3) is 2.84. The summed E-state index contributed by atoms with van der Waals surface area (Å²) >= 11 is 1.64. The number of nitrogens with zero attached hydrogens (tertiary/aromatic N) is 2. The highest BCUT2D eigenvalue weighted by Crippen LogP contribution is 2.33. The van der Waals surface area contributed by atoms with E-state index in [1.54, 1.807) is 16.2 Å². The Labute approximate surface area is 129 Å². The largest absolute Gasteiger partial charge is 0.349 e. The average molecular weight is 306 g/mol. The molecule has 3 rings (SSSR count). The van der Waals surface area contributed by atoms with Gasteiger partial charge in [0.15, 0.2) is 0 Å². The molecule has 1 atom stereocenters. The molecule has 0 bridgehead atoms. The molecule has 1 fully saturated rings. The van der Waals surface area contributed by atoms with Gasteiger partial charge < -0.3 is 9.80 Å². The first kappa shape index (κ1) is 14.6. The van der Waals surface area contributed by atoms with E-state index in [1.807, 2.05) is 25.1 Å². The topological polar surface area (TPSA) is 40.6 Å². The lowest BCUT2D eigenvalue weighted by molar-refractivity contribution is -0.133. The van der Waals surface area contributed by atoms with Gasteiger partial charge in [-0.3, -0.25) is 9.59 Å². The number of amides is 2. The van der Waals surface area contributed by atoms with Gasteiger partial charge in [0, 0.05) is 38.0 Å². The van der Waals surface area contributed by atoms with Crippen molar-refractivity contribution in [3.05, 3.63) is 21.4 Å². The van der Waals surface area contributed by atoms with Crippen LogP contribution in [0.3, 0.4) is 0 Å². The number of hydrogen-bond acceptors (Lipinski definition) is 3. The van der Waals surface area contributed by atoms with Crippen molar-refractivity contribution in [1.29, 1.82) is 0 Å². The van der Waals surface area contributed by atoms with Gasteiger partial charge in [0.2, 0.25) is 5.91 Å². The summed E-state index contributed by atoms with van der Waals surface area (Å²) in [5.41, 5.74) is 1.22. The monoisotopic (exact) mass is 306 g/mol. The zero-order chi connectivity index (χ0) is 15.0. The minimum absolute atomic E-state index is 0.0804. The molecule has 0 aromatic carbocycles. The molecule has 114 valence electrons. The molecular weight excluding hydrogens is 284 g/mol. The highest BCUT2D eigenvalue weighted by atomic mass is 32.1. The van der Waals surface area contributed by atoms with Crippen molar-refractivity contribution < 1.29 is 9.59 Å². The van der Waals surface area contributed by atoms with Gasteiger partial charge in [0.1, 0.15) is 0 Å². The van der Waals surface area contributed by atoms with E-state index in [2.05, 4.69) is 0 Å². The molecule has 2 heterocycles. The number of thiophene rings is 1. The summed E-state index contributed by atoms with van der Waals surface area (Å²) in [6.45, 7) is 1.78. The lowest BCUT2D eigenvalue weighted by Crippen LogP contribution is -2.32. The van der Waals surface area contributed by atoms with Crippen molar-refractivity contribution in [2.24, 2.45) is 5.92 Å². The number of hydrogen-bond donors (Lipinski definition) is 0. The van der Waals surface area contributed by atoms with Gasteiger partial charge in [0.05, 0.1) is 4.88 Å². The van der Waals surface area contributed by atoms with Gasteiger partial charge in [-0.05, 0) is 43.7 Å². The first-order chi connectivity index (χ1) is 10.1. The number of fused-ring (bicyclic) bond motifs is 1. The normalized spacial score (nSPS) is 21.2. The fourth-order valence-corrected chi connectivity index (χ4v) is 4.46. The molecule has 0 spiro atoms. The molecule has 2 amide bonds. The van der Waals surface area contributed by atoms with Gasteiger partial charge >= 0.3 is 0 Å². The van der Waals surface area contributed by atoms with Crippen LogP contribution in [-0.2, 0) is 17.6 Å². The van der Waals surface area contributed by atoms with E-state index in [1.165, 1.54) is 10.4 Å². The van der Waals surface area contributed by atoms with Crippen molar-refractivity contribution >= 4 is 23.2 Å². The number of rotatable bonds is 2. The van der Waals surface area contributed by atoms with Crippen LogP contribution in [0.5, 0.6) is 0 Å². The van der Waals surface area contributed by atoms with E-state index in [0.29, 0.717) is 0 Å². The van der Waals surface area contributed by atoms with E-state index in [9.17, 15) is 9.59 Å². The lowest BCUT2D eigenvalue weighted by Gasteiger charge is -2.24. The summed E-state index contributed by atoms with van der Waals surface area (Å²) in [5, 5.41) is 0. The first-order valence-corrected chi connectivity index (χ1v) is 8.50. The molecule has 1 aromatic heterocycles. The SMILES string of the molecule is CN(C)C(=O)[C@@H]1CCc2sc(C(=O)N3CCCC3)cc2C1. The fraction of sp³-hybridized carbons (Fsp3) is 0.625. The van der Waals surface area contributed by atoms with Crippen molar-refractivity contribution in [2.75, 3.05) is 27.2 Å². The number of aryl methyl sites for hydroxylation is 1. The van der Waals surface area contributed by atoms with E-state index < -0.39 is 0 Å². The smallest absolute Gasteiger partial charge is 0.263 e. The fourth-order valence-electron chi connectivity index (χ4n) is 3.28. The van der Waals surface area contributed by atoms with Crippen LogP contribution in [0.15, 0.2) is 6.07 Å². The maximum Gasteiger partial charge on any atom is 0.263 e. The predicted molar refractivity (Wildman–Crippen MR) is 83.7 cm³/mol. The molecule has 5 heteroatoms. The van der Waals surface area contributed by atoms with Crippen molar-refractivity contribution in [3.63, 3.8) is 0 Å². The second-order valence-electron chi connectivity index (χ2n) is 6.23. The molecule has 4 nitrogen and oxygen atoms in total. The molecule has 0 unspecified atom stereocenters. The second-order valence-corrected chi connectivity index (χ2v) is 7.37. The van der Waals surface area contributed by atoms with Crippen LogP contribution in [0, 0.1) is 5.92 Å². The molecule has 1 aliphatic carbocycles. The predicted octanol–water partition coefficient (Wildman–Crippen LogP) is 2.18. The molecule has 2 aliphatic rings. The van der Waals surface area contributed by atoms with Gasteiger partial charge in [-0.1, -0.05) is 0 Å². The van der Waals surface area contributed by atoms with Gasteiger partial charge in [-0.15, -0.1) is 11.3 Å². The minimum Gasteiger partial charge on any atom is -0.349 e. The summed E-state index contributed by atoms with van der Waals surface area (Å²) < 4.78 is 0. The van der Waals surface area contributed by atoms with E-state index in [4.69, 9.17) is 0 Å². The molecule has 1 aromatic rings. The molecule has 0 radical (unpaired) electrons. The van der Waals surface area contributed by atoms with Crippen LogP contribution in [-0.4, -0.2) is 48.8 Å². The maximum atomic E-state index is 12.4. The van der Waals surface area contributed by atoms with Crippen LogP contribution in [0.1, 0.15) is 39.4 Å². The van der Waals surface area contributed by atoms with Crippen molar-refractivity contribution in [3.8, 4) is 0 Å². The van der Waals surface area contributed by atoms with E-state index in [0.717, 1.165) is 50.1 Å². The first-order valence-electron chi connectivity index (χ1n) is 7.68.